The largest absolute Gasteiger partial charge is 0.497 e. The minimum atomic E-state index is -0.609. The number of halogens is 1. The number of methoxy groups -OCH3 is 1. The van der Waals surface area contributed by atoms with Crippen molar-refractivity contribution in [2.75, 3.05) is 7.11 Å². The van der Waals surface area contributed by atoms with Gasteiger partial charge in [-0.1, -0.05) is 48.5 Å². The van der Waals surface area contributed by atoms with Crippen LogP contribution in [0, 0.1) is 0 Å². The number of hydrogen-bond acceptors (Lipinski definition) is 5. The molecule has 0 aliphatic heterocycles. The van der Waals surface area contributed by atoms with Gasteiger partial charge < -0.3 is 14.5 Å². The molecule has 1 amide bonds. The maximum atomic E-state index is 13.1. The minimum Gasteiger partial charge on any atom is -0.497 e. The first-order valence-electron chi connectivity index (χ1n) is 9.24. The molecule has 0 spiro atoms. The highest BCUT2D eigenvalue weighted by Crippen LogP contribution is 2.27. The summed E-state index contributed by atoms with van der Waals surface area (Å²) in [7, 11) is 1.56. The first-order chi connectivity index (χ1) is 14.7. The van der Waals surface area contributed by atoms with Gasteiger partial charge in [-0.15, -0.1) is 10.2 Å². The van der Waals surface area contributed by atoms with Gasteiger partial charge in [0.1, 0.15) is 11.8 Å². The van der Waals surface area contributed by atoms with E-state index in [0.717, 1.165) is 11.1 Å². The van der Waals surface area contributed by atoms with Gasteiger partial charge in [0.05, 0.1) is 12.7 Å². The van der Waals surface area contributed by atoms with Gasteiger partial charge in [-0.25, -0.2) is 0 Å². The molecular weight excluding hydrogens is 446 g/mol. The number of benzene rings is 3. The summed E-state index contributed by atoms with van der Waals surface area (Å²) in [5.74, 6) is 0.980. The molecule has 30 heavy (non-hydrogen) atoms. The maximum Gasteiger partial charge on any atom is 0.253 e. The van der Waals surface area contributed by atoms with Crippen LogP contribution in [-0.2, 0) is 0 Å². The number of hydrogen-bond donors (Lipinski definition) is 1. The highest BCUT2D eigenvalue weighted by atomic mass is 79.9. The van der Waals surface area contributed by atoms with Gasteiger partial charge >= 0.3 is 0 Å². The Morgan fingerprint density at radius 2 is 1.70 bits per heavy atom. The molecule has 7 heteroatoms. The van der Waals surface area contributed by atoms with E-state index in [1.807, 2.05) is 60.7 Å². The van der Waals surface area contributed by atoms with Crippen molar-refractivity contribution in [3.8, 4) is 17.2 Å². The van der Waals surface area contributed by atoms with Crippen molar-refractivity contribution >= 4 is 21.8 Å². The van der Waals surface area contributed by atoms with Crippen LogP contribution in [0.15, 0.2) is 87.8 Å². The first-order valence-corrected chi connectivity index (χ1v) is 10.0. The molecule has 1 N–H and O–H groups in total. The molecular formula is C23H18BrN3O3. The van der Waals surface area contributed by atoms with Crippen LogP contribution in [0.3, 0.4) is 0 Å². The lowest BCUT2D eigenvalue weighted by Gasteiger charge is -2.16. The molecule has 0 fully saturated rings. The molecule has 3 aromatic carbocycles. The van der Waals surface area contributed by atoms with Crippen LogP contribution < -0.4 is 10.1 Å². The quantitative estimate of drug-likeness (QED) is 0.433. The maximum absolute atomic E-state index is 13.1. The fourth-order valence-corrected chi connectivity index (χ4v) is 3.42. The molecule has 0 bridgehead atoms. The molecule has 0 aliphatic carbocycles. The fraction of sp³-hybridized carbons (Fsp3) is 0.0870. The Hall–Kier alpha value is -3.45. The van der Waals surface area contributed by atoms with Crippen LogP contribution in [0.5, 0.6) is 5.75 Å². The van der Waals surface area contributed by atoms with E-state index < -0.39 is 6.04 Å². The molecule has 1 heterocycles. The Morgan fingerprint density at radius 1 is 1.00 bits per heavy atom. The Morgan fingerprint density at radius 3 is 2.40 bits per heavy atom. The highest BCUT2D eigenvalue weighted by molar-refractivity contribution is 9.10. The Balaban J connectivity index is 1.68. The van der Waals surface area contributed by atoms with Gasteiger partial charge in [0.25, 0.3) is 5.91 Å². The molecule has 4 aromatic rings. The van der Waals surface area contributed by atoms with Crippen molar-refractivity contribution in [3.63, 3.8) is 0 Å². The summed E-state index contributed by atoms with van der Waals surface area (Å²) in [6.07, 6.45) is 0. The third kappa shape index (κ3) is 4.26. The summed E-state index contributed by atoms with van der Waals surface area (Å²) in [5, 5.41) is 11.4. The van der Waals surface area contributed by atoms with Crippen LogP contribution in [0.2, 0.25) is 0 Å². The highest BCUT2D eigenvalue weighted by Gasteiger charge is 2.25. The van der Waals surface area contributed by atoms with E-state index in [1.165, 1.54) is 0 Å². The van der Waals surface area contributed by atoms with E-state index in [1.54, 1.807) is 25.3 Å². The van der Waals surface area contributed by atoms with Gasteiger partial charge in [0.2, 0.25) is 11.8 Å². The van der Waals surface area contributed by atoms with Crippen molar-refractivity contribution in [3.05, 3.63) is 100 Å². The third-order valence-corrected chi connectivity index (χ3v) is 5.23. The second-order valence-electron chi connectivity index (χ2n) is 6.47. The van der Waals surface area contributed by atoms with E-state index in [0.29, 0.717) is 27.6 Å². The smallest absolute Gasteiger partial charge is 0.253 e. The van der Waals surface area contributed by atoms with E-state index >= 15 is 0 Å². The molecule has 150 valence electrons. The van der Waals surface area contributed by atoms with Crippen molar-refractivity contribution < 1.29 is 13.9 Å². The summed E-state index contributed by atoms with van der Waals surface area (Å²) in [4.78, 5) is 13.1. The molecule has 0 saturated heterocycles. The predicted octanol–water partition coefficient (Wildman–Crippen LogP) is 5.03. The molecule has 6 nitrogen and oxygen atoms in total. The van der Waals surface area contributed by atoms with Crippen LogP contribution in [0.4, 0.5) is 0 Å². The zero-order valence-corrected chi connectivity index (χ0v) is 17.7. The Labute approximate surface area is 182 Å². The second-order valence-corrected chi connectivity index (χ2v) is 7.33. The van der Waals surface area contributed by atoms with E-state index in [4.69, 9.17) is 9.15 Å². The van der Waals surface area contributed by atoms with Crippen LogP contribution >= 0.6 is 15.9 Å². The van der Waals surface area contributed by atoms with Gasteiger partial charge in [-0.2, -0.15) is 0 Å². The number of carbonyl (C=O) groups excluding carboxylic acids is 1. The zero-order valence-electron chi connectivity index (χ0n) is 16.1. The number of ether oxygens (including phenoxy) is 1. The van der Waals surface area contributed by atoms with Crippen LogP contribution in [-0.4, -0.2) is 23.2 Å². The average molecular weight is 464 g/mol. The van der Waals surface area contributed by atoms with Crippen LogP contribution in [0.1, 0.15) is 27.9 Å². The van der Waals surface area contributed by atoms with Crippen LogP contribution in [0.25, 0.3) is 11.5 Å². The van der Waals surface area contributed by atoms with Gasteiger partial charge in [0, 0.05) is 10.0 Å². The lowest BCUT2D eigenvalue weighted by Crippen LogP contribution is -2.30. The number of carbonyl (C=O) groups is 1. The summed E-state index contributed by atoms with van der Waals surface area (Å²) >= 11 is 3.43. The van der Waals surface area contributed by atoms with Crippen molar-refractivity contribution in [2.45, 2.75) is 6.04 Å². The standard InChI is InChI=1S/C23H18BrN3O3/c1-29-17-12-13-19(24)18(14-17)21(28)25-20(15-8-4-2-5-9-15)23-27-26-22(30-23)16-10-6-3-7-11-16/h2-14,20H,1H3,(H,25,28)/t20-/m1/s1. The molecule has 1 aromatic heterocycles. The molecule has 1 atom stereocenters. The molecule has 0 radical (unpaired) electrons. The first kappa shape index (κ1) is 19.8. The number of rotatable bonds is 6. The lowest BCUT2D eigenvalue weighted by atomic mass is 10.1. The topological polar surface area (TPSA) is 77.2 Å². The van der Waals surface area contributed by atoms with Crippen molar-refractivity contribution in [1.82, 2.24) is 15.5 Å². The number of aromatic nitrogens is 2. The zero-order chi connectivity index (χ0) is 20.9. The predicted molar refractivity (Wildman–Crippen MR) is 116 cm³/mol. The fourth-order valence-electron chi connectivity index (χ4n) is 3.00. The Kier molecular flexibility index (Phi) is 5.90. The van der Waals surface area contributed by atoms with E-state index in [-0.39, 0.29) is 5.91 Å². The summed E-state index contributed by atoms with van der Waals surface area (Å²) in [5.41, 5.74) is 2.08. The average Bonchev–Trinajstić information content (AvgIpc) is 3.29. The normalized spacial score (nSPS) is 11.7. The third-order valence-electron chi connectivity index (χ3n) is 4.53. The molecule has 0 unspecified atom stereocenters. The van der Waals surface area contributed by atoms with E-state index in [9.17, 15) is 4.79 Å². The summed E-state index contributed by atoms with van der Waals surface area (Å²) in [6, 6.07) is 23.6. The number of nitrogens with one attached hydrogen (secondary N) is 1. The molecule has 0 saturated carbocycles. The Bertz CT molecular complexity index is 1150. The molecule has 0 aliphatic rings. The van der Waals surface area contributed by atoms with Crippen molar-refractivity contribution in [2.24, 2.45) is 0 Å². The van der Waals surface area contributed by atoms with Gasteiger partial charge in [-0.05, 0) is 51.8 Å². The monoisotopic (exact) mass is 463 g/mol. The number of nitrogens with zero attached hydrogens (tertiary/aromatic N) is 2. The minimum absolute atomic E-state index is 0.297. The van der Waals surface area contributed by atoms with E-state index in [2.05, 4.69) is 31.4 Å². The van der Waals surface area contributed by atoms with Gasteiger partial charge in [0.15, 0.2) is 0 Å². The SMILES string of the molecule is COc1ccc(Br)c(C(=O)N[C@H](c2ccccc2)c2nnc(-c3ccccc3)o2)c1. The van der Waals surface area contributed by atoms with Gasteiger partial charge in [-0.3, -0.25) is 4.79 Å². The van der Waals surface area contributed by atoms with Crippen molar-refractivity contribution in [1.29, 1.82) is 0 Å². The number of amides is 1. The summed E-state index contributed by atoms with van der Waals surface area (Å²) in [6.45, 7) is 0. The lowest BCUT2D eigenvalue weighted by molar-refractivity contribution is 0.0937. The summed E-state index contributed by atoms with van der Waals surface area (Å²) < 4.78 is 11.8. The second kappa shape index (κ2) is 8.92. The molecule has 4 rings (SSSR count).